The topological polar surface area (TPSA) is 17.8 Å². The van der Waals surface area contributed by atoms with Gasteiger partial charge in [0.2, 0.25) is 0 Å². The van der Waals surface area contributed by atoms with E-state index in [4.69, 9.17) is 0 Å². The number of imidazole rings is 1. The molecule has 2 aromatic carbocycles. The summed E-state index contributed by atoms with van der Waals surface area (Å²) in [4.78, 5) is 4.35. The fraction of sp³-hybridized carbons (Fsp3) is 0.133. The van der Waals surface area contributed by atoms with Gasteiger partial charge in [-0.2, -0.15) is 0 Å². The lowest BCUT2D eigenvalue weighted by molar-refractivity contribution is 0.619. The first-order valence-corrected chi connectivity index (χ1v) is 6.75. The van der Waals surface area contributed by atoms with Crippen molar-refractivity contribution >= 4 is 27.0 Å². The summed E-state index contributed by atoms with van der Waals surface area (Å²) in [6.07, 6.45) is 1.66. The highest BCUT2D eigenvalue weighted by atomic mass is 79.9. The van der Waals surface area contributed by atoms with Gasteiger partial charge >= 0.3 is 0 Å². The molecule has 96 valence electrons. The first kappa shape index (κ1) is 12.4. The molecule has 1 heterocycles. The minimum Gasteiger partial charge on any atom is -0.296 e. The van der Waals surface area contributed by atoms with Gasteiger partial charge in [-0.25, -0.2) is 9.37 Å². The van der Waals surface area contributed by atoms with Crippen molar-refractivity contribution in [1.29, 1.82) is 0 Å². The molecule has 0 fully saturated rings. The highest BCUT2D eigenvalue weighted by molar-refractivity contribution is 9.10. The molecule has 0 N–H and O–H groups in total. The molecule has 2 nitrogen and oxygen atoms in total. The van der Waals surface area contributed by atoms with E-state index < -0.39 is 0 Å². The van der Waals surface area contributed by atoms with Crippen molar-refractivity contribution < 1.29 is 4.39 Å². The molecular formula is C15H12BrFN2. The van der Waals surface area contributed by atoms with Gasteiger partial charge in [-0.1, -0.05) is 15.9 Å². The molecule has 0 bridgehead atoms. The molecule has 0 unspecified atom stereocenters. The Hall–Kier alpha value is -1.68. The maximum atomic E-state index is 14.0. The number of fused-ring (bicyclic) bond motifs is 1. The van der Waals surface area contributed by atoms with Gasteiger partial charge < -0.3 is 0 Å². The van der Waals surface area contributed by atoms with Crippen molar-refractivity contribution in [3.8, 4) is 5.69 Å². The predicted molar refractivity (Wildman–Crippen MR) is 78.2 cm³/mol. The van der Waals surface area contributed by atoms with Crippen molar-refractivity contribution in [2.24, 2.45) is 0 Å². The van der Waals surface area contributed by atoms with Gasteiger partial charge in [0.1, 0.15) is 12.1 Å². The van der Waals surface area contributed by atoms with Crippen LogP contribution in [0.3, 0.4) is 0 Å². The van der Waals surface area contributed by atoms with Crippen LogP contribution in [0.4, 0.5) is 4.39 Å². The van der Waals surface area contributed by atoms with Crippen molar-refractivity contribution in [2.75, 3.05) is 0 Å². The van der Waals surface area contributed by atoms with Gasteiger partial charge in [0.25, 0.3) is 0 Å². The summed E-state index contributed by atoms with van der Waals surface area (Å²) in [6, 6.07) is 8.96. The standard InChI is InChI=1S/C15H12BrFN2/c1-9-5-13-15(6-10(9)2)19(8-18-13)14-7-11(16)3-4-12(14)17/h3-8H,1-2H3. The SMILES string of the molecule is Cc1cc2ncn(-c3cc(Br)ccc3F)c2cc1C. The number of hydrogen-bond acceptors (Lipinski definition) is 1. The molecule has 3 aromatic rings. The van der Waals surface area contributed by atoms with E-state index in [1.807, 2.05) is 26.0 Å². The van der Waals surface area contributed by atoms with Crippen molar-refractivity contribution in [3.05, 3.63) is 58.1 Å². The third kappa shape index (κ3) is 2.06. The van der Waals surface area contributed by atoms with E-state index in [9.17, 15) is 4.39 Å². The zero-order chi connectivity index (χ0) is 13.6. The van der Waals surface area contributed by atoms with E-state index in [1.165, 1.54) is 17.2 Å². The summed E-state index contributed by atoms with van der Waals surface area (Å²) >= 11 is 3.37. The Bertz CT molecular complexity index is 777. The molecule has 0 amide bonds. The molecule has 0 aliphatic carbocycles. The number of rotatable bonds is 1. The lowest BCUT2D eigenvalue weighted by atomic mass is 10.1. The van der Waals surface area contributed by atoms with E-state index in [0.717, 1.165) is 15.5 Å². The van der Waals surface area contributed by atoms with Crippen LogP contribution in [0, 0.1) is 19.7 Å². The van der Waals surface area contributed by atoms with Crippen LogP contribution < -0.4 is 0 Å². The number of nitrogens with zero attached hydrogens (tertiary/aromatic N) is 2. The monoisotopic (exact) mass is 318 g/mol. The molecule has 4 heteroatoms. The van der Waals surface area contributed by atoms with E-state index in [1.54, 1.807) is 23.0 Å². The van der Waals surface area contributed by atoms with Gasteiger partial charge in [-0.3, -0.25) is 4.57 Å². The quantitative estimate of drug-likeness (QED) is 0.644. The Kier molecular flexibility index (Phi) is 2.90. The first-order chi connectivity index (χ1) is 9.06. The second-order valence-corrected chi connectivity index (χ2v) is 5.55. The largest absolute Gasteiger partial charge is 0.296 e. The number of benzene rings is 2. The highest BCUT2D eigenvalue weighted by Crippen LogP contribution is 2.25. The summed E-state index contributed by atoms with van der Waals surface area (Å²) in [6.45, 7) is 4.09. The van der Waals surface area contributed by atoms with E-state index in [-0.39, 0.29) is 5.82 Å². The third-order valence-electron chi connectivity index (χ3n) is 3.33. The second-order valence-electron chi connectivity index (χ2n) is 4.64. The smallest absolute Gasteiger partial charge is 0.147 e. The van der Waals surface area contributed by atoms with Gasteiger partial charge in [0, 0.05) is 4.47 Å². The number of hydrogen-bond donors (Lipinski definition) is 0. The minimum atomic E-state index is -0.263. The third-order valence-corrected chi connectivity index (χ3v) is 3.82. The summed E-state index contributed by atoms with van der Waals surface area (Å²) in [7, 11) is 0. The van der Waals surface area contributed by atoms with Crippen LogP contribution >= 0.6 is 15.9 Å². The molecule has 19 heavy (non-hydrogen) atoms. The molecule has 0 aliphatic rings. The zero-order valence-corrected chi connectivity index (χ0v) is 12.2. The van der Waals surface area contributed by atoms with Crippen LogP contribution in [0.1, 0.15) is 11.1 Å². The number of aryl methyl sites for hydroxylation is 2. The lowest BCUT2D eigenvalue weighted by Crippen LogP contribution is -1.96. The van der Waals surface area contributed by atoms with E-state index in [0.29, 0.717) is 5.69 Å². The van der Waals surface area contributed by atoms with Crippen LogP contribution in [-0.4, -0.2) is 9.55 Å². The molecule has 0 saturated heterocycles. The van der Waals surface area contributed by atoms with Crippen LogP contribution in [0.2, 0.25) is 0 Å². The fourth-order valence-corrected chi connectivity index (χ4v) is 2.48. The maximum absolute atomic E-state index is 14.0. The lowest BCUT2D eigenvalue weighted by Gasteiger charge is -2.07. The Morgan fingerprint density at radius 3 is 2.63 bits per heavy atom. The predicted octanol–water partition coefficient (Wildman–Crippen LogP) is 4.54. The van der Waals surface area contributed by atoms with Gasteiger partial charge in [-0.05, 0) is 55.3 Å². The van der Waals surface area contributed by atoms with E-state index >= 15 is 0 Å². The summed E-state index contributed by atoms with van der Waals surface area (Å²) in [5, 5.41) is 0. The molecule has 0 radical (unpaired) electrons. The zero-order valence-electron chi connectivity index (χ0n) is 10.6. The maximum Gasteiger partial charge on any atom is 0.147 e. The first-order valence-electron chi connectivity index (χ1n) is 5.96. The average Bonchev–Trinajstić information content (AvgIpc) is 2.76. The Morgan fingerprint density at radius 1 is 1.11 bits per heavy atom. The summed E-state index contributed by atoms with van der Waals surface area (Å²) in [5.74, 6) is -0.263. The van der Waals surface area contributed by atoms with Gasteiger partial charge in [-0.15, -0.1) is 0 Å². The van der Waals surface area contributed by atoms with Gasteiger partial charge in [0.15, 0.2) is 0 Å². The molecule has 0 atom stereocenters. The van der Waals surface area contributed by atoms with Crippen LogP contribution in [0.25, 0.3) is 16.7 Å². The molecule has 0 aliphatic heterocycles. The Morgan fingerprint density at radius 2 is 1.84 bits per heavy atom. The average molecular weight is 319 g/mol. The normalized spacial score (nSPS) is 11.2. The van der Waals surface area contributed by atoms with Crippen molar-refractivity contribution in [2.45, 2.75) is 13.8 Å². The molecule has 3 rings (SSSR count). The van der Waals surface area contributed by atoms with Crippen molar-refractivity contribution in [1.82, 2.24) is 9.55 Å². The highest BCUT2D eigenvalue weighted by Gasteiger charge is 2.10. The fourth-order valence-electron chi connectivity index (χ4n) is 2.13. The Labute approximate surface area is 119 Å². The second kappa shape index (κ2) is 4.46. The number of halogens is 2. The molecule has 1 aromatic heterocycles. The minimum absolute atomic E-state index is 0.263. The number of aromatic nitrogens is 2. The summed E-state index contributed by atoms with van der Waals surface area (Å²) < 4.78 is 16.6. The van der Waals surface area contributed by atoms with Gasteiger partial charge in [0.05, 0.1) is 16.7 Å². The molecule has 0 spiro atoms. The molecular weight excluding hydrogens is 307 g/mol. The Balaban J connectivity index is 2.31. The molecule has 0 saturated carbocycles. The summed E-state index contributed by atoms with van der Waals surface area (Å²) in [5.41, 5.74) is 4.65. The van der Waals surface area contributed by atoms with Crippen molar-refractivity contribution in [3.63, 3.8) is 0 Å². The van der Waals surface area contributed by atoms with Crippen LogP contribution in [0.15, 0.2) is 41.1 Å². The van der Waals surface area contributed by atoms with Crippen LogP contribution in [-0.2, 0) is 0 Å². The van der Waals surface area contributed by atoms with E-state index in [2.05, 4.69) is 20.9 Å². The van der Waals surface area contributed by atoms with Crippen LogP contribution in [0.5, 0.6) is 0 Å².